The number of carbonyl (C=O) groups excluding carboxylic acids is 1. The summed E-state index contributed by atoms with van der Waals surface area (Å²) in [5.41, 5.74) is 8.73. The number of thiophene rings is 1. The molecule has 0 bridgehead atoms. The van der Waals surface area contributed by atoms with Crippen LogP contribution >= 0.6 is 27.3 Å². The summed E-state index contributed by atoms with van der Waals surface area (Å²) in [6.45, 7) is 0. The third kappa shape index (κ3) is 2.35. The van der Waals surface area contributed by atoms with Crippen LogP contribution in [-0.2, 0) is 12.8 Å². The summed E-state index contributed by atoms with van der Waals surface area (Å²) < 4.78 is 0.976. The Morgan fingerprint density at radius 1 is 1.16 bits per heavy atom. The van der Waals surface area contributed by atoms with Crippen molar-refractivity contribution in [2.45, 2.75) is 25.7 Å². The molecule has 1 heterocycles. The van der Waals surface area contributed by atoms with Gasteiger partial charge in [0.05, 0.1) is 10.6 Å². The van der Waals surface area contributed by atoms with Crippen LogP contribution < -0.4 is 5.73 Å². The number of carbonyl (C=O) groups is 1. The number of hydrogen-bond acceptors (Lipinski definition) is 3. The Labute approximate surface area is 124 Å². The van der Waals surface area contributed by atoms with Crippen molar-refractivity contribution in [3.05, 3.63) is 50.3 Å². The van der Waals surface area contributed by atoms with Crippen LogP contribution in [0.1, 0.15) is 39.2 Å². The van der Waals surface area contributed by atoms with Crippen molar-refractivity contribution < 1.29 is 4.79 Å². The number of nitrogen functional groups attached to an aromatic ring is 1. The van der Waals surface area contributed by atoms with E-state index < -0.39 is 0 Å². The number of halogens is 1. The summed E-state index contributed by atoms with van der Waals surface area (Å²) in [6.07, 6.45) is 4.42. The first-order valence-electron chi connectivity index (χ1n) is 6.37. The average molecular weight is 336 g/mol. The van der Waals surface area contributed by atoms with Crippen molar-refractivity contribution in [1.29, 1.82) is 0 Å². The minimum absolute atomic E-state index is 0.0596. The zero-order valence-electron chi connectivity index (χ0n) is 10.4. The minimum atomic E-state index is 0.0596. The van der Waals surface area contributed by atoms with Crippen LogP contribution in [-0.4, -0.2) is 5.78 Å². The van der Waals surface area contributed by atoms with Gasteiger partial charge in [-0.25, -0.2) is 0 Å². The number of hydrogen-bond donors (Lipinski definition) is 1. The average Bonchev–Trinajstić information content (AvgIpc) is 2.74. The monoisotopic (exact) mass is 335 g/mol. The molecule has 98 valence electrons. The summed E-state index contributed by atoms with van der Waals surface area (Å²) in [4.78, 5) is 13.9. The molecule has 1 aromatic heterocycles. The van der Waals surface area contributed by atoms with Crippen molar-refractivity contribution in [2.24, 2.45) is 0 Å². The highest BCUT2D eigenvalue weighted by Gasteiger charge is 2.24. The van der Waals surface area contributed by atoms with Gasteiger partial charge in [-0.05, 0) is 55.5 Å². The van der Waals surface area contributed by atoms with Gasteiger partial charge in [-0.2, -0.15) is 0 Å². The third-order valence-electron chi connectivity index (χ3n) is 3.53. The van der Waals surface area contributed by atoms with Crippen LogP contribution in [0.2, 0.25) is 0 Å². The van der Waals surface area contributed by atoms with Gasteiger partial charge >= 0.3 is 0 Å². The van der Waals surface area contributed by atoms with Gasteiger partial charge in [0.1, 0.15) is 0 Å². The Balaban J connectivity index is 2.04. The Bertz CT molecular complexity index is 630. The molecule has 0 unspecified atom stereocenters. The second-order valence-electron chi connectivity index (χ2n) is 4.79. The zero-order chi connectivity index (χ0) is 13.4. The summed E-state index contributed by atoms with van der Waals surface area (Å²) in [5, 5.41) is 0.680. The van der Waals surface area contributed by atoms with Gasteiger partial charge in [0.15, 0.2) is 5.78 Å². The summed E-state index contributed by atoms with van der Waals surface area (Å²) >= 11 is 4.97. The molecule has 3 rings (SSSR count). The van der Waals surface area contributed by atoms with E-state index in [2.05, 4.69) is 15.9 Å². The Hall–Kier alpha value is -1.13. The maximum Gasteiger partial charge on any atom is 0.196 e. The quantitative estimate of drug-likeness (QED) is 0.835. The second-order valence-corrected chi connectivity index (χ2v) is 6.84. The fourth-order valence-corrected chi connectivity index (χ4v) is 4.00. The van der Waals surface area contributed by atoms with Crippen molar-refractivity contribution in [3.63, 3.8) is 0 Å². The van der Waals surface area contributed by atoms with Crippen molar-refractivity contribution >= 4 is 38.1 Å². The van der Waals surface area contributed by atoms with E-state index in [1.165, 1.54) is 16.9 Å². The van der Waals surface area contributed by atoms with E-state index in [9.17, 15) is 4.79 Å². The summed E-state index contributed by atoms with van der Waals surface area (Å²) in [7, 11) is 0. The van der Waals surface area contributed by atoms with Gasteiger partial charge in [-0.3, -0.25) is 4.79 Å². The Kier molecular flexibility index (Phi) is 3.46. The maximum atomic E-state index is 12.6. The number of fused-ring (bicyclic) bond motifs is 1. The molecule has 4 heteroatoms. The fraction of sp³-hybridized carbons (Fsp3) is 0.267. The normalized spacial score (nSPS) is 14.2. The molecule has 1 aliphatic rings. The molecule has 1 aliphatic carbocycles. The van der Waals surface area contributed by atoms with Crippen LogP contribution in [0.3, 0.4) is 0 Å². The number of ketones is 1. The molecule has 0 saturated carbocycles. The number of aryl methyl sites for hydroxylation is 1. The molecule has 0 atom stereocenters. The van der Waals surface area contributed by atoms with Crippen LogP contribution in [0.4, 0.5) is 5.00 Å². The predicted molar refractivity (Wildman–Crippen MR) is 82.9 cm³/mol. The molecule has 0 fully saturated rings. The topological polar surface area (TPSA) is 43.1 Å². The van der Waals surface area contributed by atoms with Gasteiger partial charge in [0.25, 0.3) is 0 Å². The van der Waals surface area contributed by atoms with E-state index in [4.69, 9.17) is 5.73 Å². The lowest BCUT2D eigenvalue weighted by atomic mass is 9.92. The highest BCUT2D eigenvalue weighted by Crippen LogP contribution is 2.37. The first-order chi connectivity index (χ1) is 9.16. The first kappa shape index (κ1) is 12.9. The molecule has 0 saturated heterocycles. The number of nitrogens with two attached hydrogens (primary N) is 1. The lowest BCUT2D eigenvalue weighted by Gasteiger charge is -2.12. The van der Waals surface area contributed by atoms with E-state index in [0.29, 0.717) is 10.6 Å². The lowest BCUT2D eigenvalue weighted by Crippen LogP contribution is -2.08. The zero-order valence-corrected chi connectivity index (χ0v) is 12.8. The Morgan fingerprint density at radius 2 is 1.84 bits per heavy atom. The first-order valence-corrected chi connectivity index (χ1v) is 7.98. The van der Waals surface area contributed by atoms with Crippen LogP contribution in [0.5, 0.6) is 0 Å². The molecule has 0 aliphatic heterocycles. The van der Waals surface area contributed by atoms with Gasteiger partial charge in [-0.15, -0.1) is 11.3 Å². The molecule has 0 amide bonds. The smallest absolute Gasteiger partial charge is 0.196 e. The molecule has 19 heavy (non-hydrogen) atoms. The Morgan fingerprint density at radius 3 is 2.58 bits per heavy atom. The largest absolute Gasteiger partial charge is 0.390 e. The van der Waals surface area contributed by atoms with E-state index in [-0.39, 0.29) is 5.78 Å². The summed E-state index contributed by atoms with van der Waals surface area (Å²) in [6, 6.07) is 7.47. The van der Waals surface area contributed by atoms with E-state index >= 15 is 0 Å². The van der Waals surface area contributed by atoms with Crippen molar-refractivity contribution in [1.82, 2.24) is 0 Å². The highest BCUT2D eigenvalue weighted by molar-refractivity contribution is 9.10. The van der Waals surface area contributed by atoms with Crippen molar-refractivity contribution in [2.75, 3.05) is 5.73 Å². The molecule has 1 aromatic carbocycles. The number of rotatable bonds is 2. The predicted octanol–water partition coefficient (Wildman–Crippen LogP) is 4.20. The number of benzene rings is 1. The summed E-state index contributed by atoms with van der Waals surface area (Å²) in [5.74, 6) is 0.0596. The standard InChI is InChI=1S/C15H14BrNOS/c16-10-7-5-9(6-8-10)14(18)13-11-3-1-2-4-12(11)19-15(13)17/h5-8H,1-4,17H2. The molecule has 2 nitrogen and oxygen atoms in total. The van der Waals surface area contributed by atoms with Crippen LogP contribution in [0.15, 0.2) is 28.7 Å². The number of anilines is 1. The fourth-order valence-electron chi connectivity index (χ4n) is 2.58. The van der Waals surface area contributed by atoms with Gasteiger partial charge in [0, 0.05) is 14.9 Å². The third-order valence-corrected chi connectivity index (χ3v) is 5.18. The van der Waals surface area contributed by atoms with Crippen LogP contribution in [0.25, 0.3) is 0 Å². The molecule has 2 N–H and O–H groups in total. The van der Waals surface area contributed by atoms with E-state index in [1.54, 1.807) is 11.3 Å². The van der Waals surface area contributed by atoms with E-state index in [0.717, 1.165) is 29.3 Å². The van der Waals surface area contributed by atoms with Gasteiger partial charge in [-0.1, -0.05) is 15.9 Å². The lowest BCUT2D eigenvalue weighted by molar-refractivity contribution is 0.103. The second kappa shape index (κ2) is 5.10. The minimum Gasteiger partial charge on any atom is -0.390 e. The van der Waals surface area contributed by atoms with Crippen LogP contribution in [0, 0.1) is 0 Å². The maximum absolute atomic E-state index is 12.6. The van der Waals surface area contributed by atoms with Gasteiger partial charge in [0.2, 0.25) is 0 Å². The SMILES string of the molecule is Nc1sc2c(c1C(=O)c1ccc(Br)cc1)CCCC2. The molecule has 0 spiro atoms. The van der Waals surface area contributed by atoms with Gasteiger partial charge < -0.3 is 5.73 Å². The molecular formula is C15H14BrNOS. The molecule has 0 radical (unpaired) electrons. The van der Waals surface area contributed by atoms with E-state index in [1.807, 2.05) is 24.3 Å². The van der Waals surface area contributed by atoms with Crippen molar-refractivity contribution in [3.8, 4) is 0 Å². The molecular weight excluding hydrogens is 322 g/mol. The molecule has 2 aromatic rings. The highest BCUT2D eigenvalue weighted by atomic mass is 79.9.